The summed E-state index contributed by atoms with van der Waals surface area (Å²) in [5.74, 6) is 0. The number of fused-ring (bicyclic) bond motifs is 10. The Hall–Kier alpha value is -6.70. The topological polar surface area (TPSA) is 3.24 Å². The van der Waals surface area contributed by atoms with E-state index in [1.807, 2.05) is 11.8 Å². The molecule has 60 heavy (non-hydrogen) atoms. The maximum atomic E-state index is 2.52. The third-order valence-corrected chi connectivity index (χ3v) is 21.0. The molecule has 1 spiro atoms. The van der Waals surface area contributed by atoms with Crippen molar-refractivity contribution in [1.29, 1.82) is 0 Å². The van der Waals surface area contributed by atoms with Crippen LogP contribution in [0.4, 0.5) is 17.1 Å². The highest BCUT2D eigenvalue weighted by molar-refractivity contribution is 8.00. The van der Waals surface area contributed by atoms with E-state index in [2.05, 4.69) is 229 Å². The molecule has 0 aliphatic carbocycles. The van der Waals surface area contributed by atoms with Gasteiger partial charge in [0.2, 0.25) is 0 Å². The van der Waals surface area contributed by atoms with Crippen LogP contribution in [0.1, 0.15) is 0 Å². The van der Waals surface area contributed by atoms with Crippen molar-refractivity contribution >= 4 is 99.1 Å². The summed E-state index contributed by atoms with van der Waals surface area (Å²) in [7, 11) is -2.22. The third kappa shape index (κ3) is 5.45. The highest BCUT2D eigenvalue weighted by atomic mass is 32.2. The molecule has 1 nitrogen and oxygen atoms in total. The van der Waals surface area contributed by atoms with Crippen LogP contribution >= 0.6 is 11.8 Å². The molecule has 0 unspecified atom stereocenters. The summed E-state index contributed by atoms with van der Waals surface area (Å²) in [5, 5.41) is 14.0. The largest absolute Gasteiger partial charge is 0.311 e. The summed E-state index contributed by atoms with van der Waals surface area (Å²) >= 11 is 1.93. The number of nitrogens with zero attached hydrogens (tertiary/aromatic N) is 1. The lowest BCUT2D eigenvalue weighted by atomic mass is 9.97. The van der Waals surface area contributed by atoms with Crippen molar-refractivity contribution in [3.05, 3.63) is 224 Å². The summed E-state index contributed by atoms with van der Waals surface area (Å²) < 4.78 is 0. The highest BCUT2D eigenvalue weighted by Gasteiger charge is 2.51. The van der Waals surface area contributed by atoms with Gasteiger partial charge in [-0.3, -0.25) is 0 Å². The van der Waals surface area contributed by atoms with Crippen LogP contribution < -0.4 is 36.0 Å². The first-order valence-electron chi connectivity index (χ1n) is 20.6. The zero-order valence-corrected chi connectivity index (χ0v) is 35.5. The number of anilines is 3. The minimum absolute atomic E-state index is 0.513. The predicted octanol–water partition coefficient (Wildman–Crippen LogP) is 10.6. The van der Waals surface area contributed by atoms with Gasteiger partial charge in [-0.15, -0.1) is 0 Å². The Labute approximate surface area is 358 Å². The van der Waals surface area contributed by atoms with Gasteiger partial charge in [0.05, 0.1) is 0 Å². The number of hydrogen-bond acceptors (Lipinski definition) is 2. The molecule has 12 rings (SSSR count). The first kappa shape index (κ1) is 35.3. The molecule has 280 valence electrons. The van der Waals surface area contributed by atoms with Crippen molar-refractivity contribution in [3.8, 4) is 22.3 Å². The Balaban J connectivity index is 1.08. The Bertz CT molecular complexity index is 3090. The maximum Gasteiger partial charge on any atom is 0.181 e. The van der Waals surface area contributed by atoms with E-state index >= 15 is 0 Å². The van der Waals surface area contributed by atoms with E-state index in [9.17, 15) is 0 Å². The second-order valence-corrected chi connectivity index (χ2v) is 21.7. The van der Waals surface area contributed by atoms with Crippen LogP contribution in [-0.4, -0.2) is 17.6 Å². The minimum atomic E-state index is -2.73. The Morgan fingerprint density at radius 3 is 1.40 bits per heavy atom. The molecule has 0 saturated heterocycles. The molecule has 0 bridgehead atoms. The molecule has 2 radical (unpaired) electrons. The van der Waals surface area contributed by atoms with Gasteiger partial charge < -0.3 is 4.90 Å². The standard InChI is InChI=1S/C56H37NSSi2/c1-3-18-44-38(14-1)16-11-20-46(44)40-30-34-42(35-31-40)57(43-36-32-41(33-37-43)47-21-12-17-39-15-2-4-19-45(39)47)48-22-13-29-55-56(48)59-51-25-7-10-28-54(51)60(55)52-26-8-5-23-49(52)58-50-24-6-9-27-53(50)60/h1-37H. The van der Waals surface area contributed by atoms with Crippen LogP contribution in [0.3, 0.4) is 0 Å². The van der Waals surface area contributed by atoms with Gasteiger partial charge in [-0.1, -0.05) is 199 Å². The lowest BCUT2D eigenvalue weighted by Crippen LogP contribution is -2.84. The van der Waals surface area contributed by atoms with Gasteiger partial charge in [-0.25, -0.2) is 0 Å². The zero-order valence-electron chi connectivity index (χ0n) is 32.7. The highest BCUT2D eigenvalue weighted by Crippen LogP contribution is 2.39. The van der Waals surface area contributed by atoms with Crippen LogP contribution in [0, 0.1) is 0 Å². The maximum absolute atomic E-state index is 2.73. The average molecular weight is 812 g/mol. The van der Waals surface area contributed by atoms with Gasteiger partial charge in [0.25, 0.3) is 0 Å². The molecule has 0 saturated carbocycles. The van der Waals surface area contributed by atoms with Crippen molar-refractivity contribution < 1.29 is 0 Å². The first-order valence-corrected chi connectivity index (χ1v) is 24.4. The van der Waals surface area contributed by atoms with Crippen LogP contribution in [0.25, 0.3) is 43.8 Å². The van der Waals surface area contributed by atoms with Gasteiger partial charge in [-0.2, -0.15) is 0 Å². The van der Waals surface area contributed by atoms with Crippen molar-refractivity contribution in [2.24, 2.45) is 0 Å². The zero-order chi connectivity index (χ0) is 39.6. The second-order valence-electron chi connectivity index (χ2n) is 15.7. The fourth-order valence-electron chi connectivity index (χ4n) is 9.91. The molecule has 0 amide bonds. The smallest absolute Gasteiger partial charge is 0.181 e. The van der Waals surface area contributed by atoms with Gasteiger partial charge in [0, 0.05) is 26.9 Å². The van der Waals surface area contributed by atoms with Crippen LogP contribution in [0.2, 0.25) is 0 Å². The molecule has 0 N–H and O–H groups in total. The van der Waals surface area contributed by atoms with E-state index in [4.69, 9.17) is 0 Å². The molecule has 0 aromatic heterocycles. The van der Waals surface area contributed by atoms with E-state index in [1.54, 1.807) is 0 Å². The molecular formula is C56H37NSSi2. The average Bonchev–Trinajstić information content (AvgIpc) is 3.32. The predicted molar refractivity (Wildman–Crippen MR) is 260 cm³/mol. The summed E-state index contributed by atoms with van der Waals surface area (Å²) in [5.41, 5.74) is 8.46. The van der Waals surface area contributed by atoms with Crippen LogP contribution in [0.5, 0.6) is 0 Å². The van der Waals surface area contributed by atoms with Crippen molar-refractivity contribution in [3.63, 3.8) is 0 Å². The number of hydrogen-bond donors (Lipinski definition) is 0. The van der Waals surface area contributed by atoms with E-state index in [0.717, 1.165) is 11.4 Å². The normalized spacial score (nSPS) is 13.3. The van der Waals surface area contributed by atoms with E-state index < -0.39 is 8.07 Å². The molecule has 2 heterocycles. The summed E-state index contributed by atoms with van der Waals surface area (Å²) in [6.45, 7) is 0. The lowest BCUT2D eigenvalue weighted by molar-refractivity contribution is 1.29. The summed E-state index contributed by atoms with van der Waals surface area (Å²) in [4.78, 5) is 5.28. The lowest BCUT2D eigenvalue weighted by Gasteiger charge is -2.45. The third-order valence-electron chi connectivity index (χ3n) is 12.5. The van der Waals surface area contributed by atoms with E-state index in [1.165, 1.54) is 90.4 Å². The van der Waals surface area contributed by atoms with Crippen LogP contribution in [-0.2, 0) is 0 Å². The van der Waals surface area contributed by atoms with Crippen LogP contribution in [0.15, 0.2) is 234 Å². The molecule has 10 aromatic rings. The van der Waals surface area contributed by atoms with Crippen molar-refractivity contribution in [2.75, 3.05) is 4.90 Å². The minimum Gasteiger partial charge on any atom is -0.311 e. The molecule has 10 aromatic carbocycles. The van der Waals surface area contributed by atoms with Gasteiger partial charge >= 0.3 is 0 Å². The summed E-state index contributed by atoms with van der Waals surface area (Å²) in [6.07, 6.45) is 0. The molecule has 2 aliphatic rings. The Kier molecular flexibility index (Phi) is 8.37. The number of rotatable bonds is 5. The monoisotopic (exact) mass is 811 g/mol. The molecule has 0 fully saturated rings. The Morgan fingerprint density at radius 1 is 0.367 bits per heavy atom. The quantitative estimate of drug-likeness (QED) is 0.159. The SMILES string of the molecule is c1ccc2c(c1)[Si]c1c(N(c3ccc(-c4cccc5ccccc45)cc3)c3ccc(-c4cccc5ccccc45)cc3)cccc1[Si]21c2ccccc2Sc2ccccc21. The number of benzene rings is 10. The second kappa shape index (κ2) is 14.2. The van der Waals surface area contributed by atoms with E-state index in [0.29, 0.717) is 9.52 Å². The molecule has 2 aliphatic heterocycles. The Morgan fingerprint density at radius 2 is 0.817 bits per heavy atom. The summed E-state index contributed by atoms with van der Waals surface area (Å²) in [6, 6.07) is 84.2. The molecule has 4 heteroatoms. The van der Waals surface area contributed by atoms with Crippen molar-refractivity contribution in [1.82, 2.24) is 0 Å². The molecule has 0 atom stereocenters. The fourth-order valence-corrected chi connectivity index (χ4v) is 19.7. The molecular weight excluding hydrogens is 775 g/mol. The van der Waals surface area contributed by atoms with Gasteiger partial charge in [-0.05, 0) is 112 Å². The van der Waals surface area contributed by atoms with Gasteiger partial charge in [0.1, 0.15) is 9.52 Å². The van der Waals surface area contributed by atoms with Gasteiger partial charge in [0.15, 0.2) is 8.07 Å². The fraction of sp³-hybridized carbons (Fsp3) is 0. The van der Waals surface area contributed by atoms with E-state index in [-0.39, 0.29) is 0 Å². The van der Waals surface area contributed by atoms with Crippen molar-refractivity contribution in [2.45, 2.75) is 9.79 Å². The first-order chi connectivity index (χ1) is 29.8.